The lowest BCUT2D eigenvalue weighted by atomic mass is 10.1. The summed E-state index contributed by atoms with van der Waals surface area (Å²) in [6.45, 7) is 6.04. The molecule has 6 heteroatoms. The van der Waals surface area contributed by atoms with Gasteiger partial charge in [-0.3, -0.25) is 4.68 Å². The third-order valence-electron chi connectivity index (χ3n) is 2.67. The molecule has 3 nitrogen and oxygen atoms in total. The first-order chi connectivity index (χ1) is 8.65. The first-order valence-corrected chi connectivity index (χ1v) is 8.26. The Kier molecular flexibility index (Phi) is 5.00. The summed E-state index contributed by atoms with van der Waals surface area (Å²) < 4.78 is 4.19. The van der Waals surface area contributed by atoms with Crippen molar-refractivity contribution in [1.29, 1.82) is 0 Å². The number of aryl methyl sites for hydroxylation is 1. The molecule has 1 atom stereocenters. The zero-order valence-electron chi connectivity index (χ0n) is 10.3. The maximum absolute atomic E-state index is 4.35. The molecule has 0 aliphatic heterocycles. The lowest BCUT2D eigenvalue weighted by molar-refractivity contribution is 0.632. The monoisotopic (exact) mass is 391 g/mol. The van der Waals surface area contributed by atoms with Crippen LogP contribution in [0.25, 0.3) is 0 Å². The molecule has 2 aromatic rings. The van der Waals surface area contributed by atoms with Crippen LogP contribution in [0.15, 0.2) is 26.7 Å². The van der Waals surface area contributed by atoms with Gasteiger partial charge in [-0.25, -0.2) is 0 Å². The molecule has 0 aliphatic rings. The van der Waals surface area contributed by atoms with Gasteiger partial charge in [0.25, 0.3) is 0 Å². The zero-order valence-corrected chi connectivity index (χ0v) is 14.3. The molecule has 2 rings (SSSR count). The second kappa shape index (κ2) is 6.32. The summed E-state index contributed by atoms with van der Waals surface area (Å²) in [4.78, 5) is 1.28. The Morgan fingerprint density at radius 3 is 2.72 bits per heavy atom. The number of nitrogens with one attached hydrogen (secondary N) is 1. The van der Waals surface area contributed by atoms with Crippen molar-refractivity contribution in [3.63, 3.8) is 0 Å². The number of thiophene rings is 1. The van der Waals surface area contributed by atoms with Crippen LogP contribution in [0, 0.1) is 0 Å². The van der Waals surface area contributed by atoms with Gasteiger partial charge in [0, 0.05) is 27.7 Å². The van der Waals surface area contributed by atoms with Gasteiger partial charge in [-0.05, 0) is 51.4 Å². The summed E-state index contributed by atoms with van der Waals surface area (Å²) in [6.07, 6.45) is 4.05. The minimum Gasteiger partial charge on any atom is -0.306 e. The van der Waals surface area contributed by atoms with Gasteiger partial charge in [-0.2, -0.15) is 5.10 Å². The van der Waals surface area contributed by atoms with E-state index in [9.17, 15) is 0 Å². The van der Waals surface area contributed by atoms with Gasteiger partial charge < -0.3 is 5.32 Å². The SMILES string of the molecule is CCNC(c1cnn(CC)c1)c1cc(Br)c(Br)s1. The van der Waals surface area contributed by atoms with E-state index in [0.29, 0.717) is 0 Å². The maximum atomic E-state index is 4.35. The van der Waals surface area contributed by atoms with Crippen molar-refractivity contribution in [2.75, 3.05) is 6.54 Å². The number of hydrogen-bond acceptors (Lipinski definition) is 3. The molecule has 0 radical (unpaired) electrons. The van der Waals surface area contributed by atoms with Crippen molar-refractivity contribution in [2.24, 2.45) is 0 Å². The summed E-state index contributed by atoms with van der Waals surface area (Å²) in [7, 11) is 0. The largest absolute Gasteiger partial charge is 0.306 e. The fourth-order valence-corrected chi connectivity index (χ4v) is 3.99. The predicted octanol–water partition coefficient (Wildman–Crippen LogP) is 4.19. The van der Waals surface area contributed by atoms with E-state index >= 15 is 0 Å². The second-order valence-corrected chi connectivity index (χ2v) is 7.15. The van der Waals surface area contributed by atoms with E-state index in [2.05, 4.69) is 68.4 Å². The minimum absolute atomic E-state index is 0.211. The summed E-state index contributed by atoms with van der Waals surface area (Å²) in [5.41, 5.74) is 1.21. The van der Waals surface area contributed by atoms with Crippen LogP contribution < -0.4 is 5.32 Å². The van der Waals surface area contributed by atoms with Crippen LogP contribution in [0.3, 0.4) is 0 Å². The number of aromatic nitrogens is 2. The van der Waals surface area contributed by atoms with Gasteiger partial charge in [0.1, 0.15) is 0 Å². The Balaban J connectivity index is 2.32. The molecule has 98 valence electrons. The van der Waals surface area contributed by atoms with Crippen LogP contribution in [-0.4, -0.2) is 16.3 Å². The van der Waals surface area contributed by atoms with E-state index < -0.39 is 0 Å². The van der Waals surface area contributed by atoms with Crippen molar-refractivity contribution in [3.8, 4) is 0 Å². The minimum atomic E-state index is 0.211. The van der Waals surface area contributed by atoms with E-state index in [1.807, 2.05) is 10.9 Å². The van der Waals surface area contributed by atoms with Gasteiger partial charge in [-0.15, -0.1) is 11.3 Å². The molecule has 2 heterocycles. The highest BCUT2D eigenvalue weighted by Crippen LogP contribution is 2.37. The zero-order chi connectivity index (χ0) is 13.1. The van der Waals surface area contributed by atoms with Gasteiger partial charge >= 0.3 is 0 Å². The summed E-state index contributed by atoms with van der Waals surface area (Å²) >= 11 is 8.84. The maximum Gasteiger partial charge on any atom is 0.0843 e. The van der Waals surface area contributed by atoms with Gasteiger partial charge in [0.15, 0.2) is 0 Å². The molecule has 0 aliphatic carbocycles. The molecule has 18 heavy (non-hydrogen) atoms. The van der Waals surface area contributed by atoms with E-state index in [0.717, 1.165) is 21.3 Å². The van der Waals surface area contributed by atoms with Crippen LogP contribution in [-0.2, 0) is 6.54 Å². The normalized spacial score (nSPS) is 12.9. The lowest BCUT2D eigenvalue weighted by Crippen LogP contribution is -2.20. The van der Waals surface area contributed by atoms with Crippen LogP contribution in [0.2, 0.25) is 0 Å². The average molecular weight is 393 g/mol. The van der Waals surface area contributed by atoms with Crippen molar-refractivity contribution in [1.82, 2.24) is 15.1 Å². The Labute approximate surface area is 128 Å². The highest BCUT2D eigenvalue weighted by atomic mass is 79.9. The topological polar surface area (TPSA) is 29.9 Å². The van der Waals surface area contributed by atoms with Gasteiger partial charge in [-0.1, -0.05) is 6.92 Å². The fourth-order valence-electron chi connectivity index (χ4n) is 1.79. The van der Waals surface area contributed by atoms with E-state index in [4.69, 9.17) is 0 Å². The molecule has 1 N–H and O–H groups in total. The molecular weight excluding hydrogens is 378 g/mol. The van der Waals surface area contributed by atoms with E-state index in [1.165, 1.54) is 10.4 Å². The van der Waals surface area contributed by atoms with E-state index in [1.54, 1.807) is 11.3 Å². The highest BCUT2D eigenvalue weighted by molar-refractivity contribution is 9.13. The molecular formula is C12H15Br2N3S. The molecule has 0 spiro atoms. The molecule has 0 saturated heterocycles. The van der Waals surface area contributed by atoms with Gasteiger partial charge in [0.05, 0.1) is 16.0 Å². The quantitative estimate of drug-likeness (QED) is 0.826. The number of rotatable bonds is 5. The lowest BCUT2D eigenvalue weighted by Gasteiger charge is -2.14. The number of hydrogen-bond donors (Lipinski definition) is 1. The van der Waals surface area contributed by atoms with Crippen LogP contribution in [0.4, 0.5) is 0 Å². The summed E-state index contributed by atoms with van der Waals surface area (Å²) in [5, 5.41) is 7.86. The summed E-state index contributed by atoms with van der Waals surface area (Å²) in [6, 6.07) is 2.37. The molecule has 0 aromatic carbocycles. The van der Waals surface area contributed by atoms with Crippen LogP contribution in [0.1, 0.15) is 30.3 Å². The third kappa shape index (κ3) is 3.04. The van der Waals surface area contributed by atoms with Crippen LogP contribution in [0.5, 0.6) is 0 Å². The summed E-state index contributed by atoms with van der Waals surface area (Å²) in [5.74, 6) is 0. The molecule has 2 aromatic heterocycles. The van der Waals surface area contributed by atoms with Crippen molar-refractivity contribution in [3.05, 3.63) is 37.2 Å². The molecule has 0 bridgehead atoms. The Hall–Kier alpha value is -0.170. The third-order valence-corrected chi connectivity index (χ3v) is 5.99. The number of nitrogens with zero attached hydrogens (tertiary/aromatic N) is 2. The fraction of sp³-hybridized carbons (Fsp3) is 0.417. The molecule has 1 unspecified atom stereocenters. The smallest absolute Gasteiger partial charge is 0.0843 e. The van der Waals surface area contributed by atoms with Crippen molar-refractivity contribution >= 4 is 43.2 Å². The Morgan fingerprint density at radius 1 is 1.44 bits per heavy atom. The molecule has 0 saturated carbocycles. The average Bonchev–Trinajstić information content (AvgIpc) is 2.94. The van der Waals surface area contributed by atoms with Crippen LogP contribution >= 0.6 is 43.2 Å². The van der Waals surface area contributed by atoms with E-state index in [-0.39, 0.29) is 6.04 Å². The van der Waals surface area contributed by atoms with Crippen molar-refractivity contribution in [2.45, 2.75) is 26.4 Å². The standard InChI is InChI=1S/C12H15Br2N3S/c1-3-15-11(8-6-16-17(4-2)7-8)10-5-9(13)12(14)18-10/h5-7,11,15H,3-4H2,1-2H3. The van der Waals surface area contributed by atoms with Gasteiger partial charge in [0.2, 0.25) is 0 Å². The predicted molar refractivity (Wildman–Crippen MR) is 83.1 cm³/mol. The van der Waals surface area contributed by atoms with Crippen molar-refractivity contribution < 1.29 is 0 Å². The molecule has 0 amide bonds. The first kappa shape index (κ1) is 14.2. The Bertz CT molecular complexity index is 502. The number of halogens is 2. The Morgan fingerprint density at radius 2 is 2.22 bits per heavy atom. The first-order valence-electron chi connectivity index (χ1n) is 5.86. The molecule has 0 fully saturated rings. The second-order valence-electron chi connectivity index (χ2n) is 3.89. The highest BCUT2D eigenvalue weighted by Gasteiger charge is 2.18.